The number of Topliss-reactive ketones (excluding diaryl/α,β-unsaturated/α-hetero) is 1. The zero-order chi connectivity index (χ0) is 19.2. The van der Waals surface area contributed by atoms with Crippen LogP contribution in [-0.2, 0) is 9.53 Å². The van der Waals surface area contributed by atoms with Crippen LogP contribution in [0.2, 0.25) is 0 Å². The smallest absolute Gasteiger partial charge is 0.407 e. The van der Waals surface area contributed by atoms with Crippen LogP contribution in [0.4, 0.5) is 4.79 Å². The molecule has 2 N–H and O–H groups in total. The monoisotopic (exact) mass is 409 g/mol. The van der Waals surface area contributed by atoms with Crippen LogP contribution in [0.3, 0.4) is 0 Å². The molecule has 1 aromatic rings. The van der Waals surface area contributed by atoms with Gasteiger partial charge >= 0.3 is 12.1 Å². The van der Waals surface area contributed by atoms with E-state index in [0.717, 1.165) is 11.1 Å². The van der Waals surface area contributed by atoms with Crippen molar-refractivity contribution in [2.24, 2.45) is 0 Å². The Bertz CT molecular complexity index is 658. The normalized spacial score (nSPS) is 12.4. The van der Waals surface area contributed by atoms with Crippen LogP contribution in [-0.4, -0.2) is 39.4 Å². The molecule has 0 heterocycles. The van der Waals surface area contributed by atoms with E-state index >= 15 is 0 Å². The van der Waals surface area contributed by atoms with Gasteiger partial charge in [0.05, 0.1) is 0 Å². The maximum Gasteiger partial charge on any atom is 0.407 e. The molecule has 1 rings (SSSR count). The summed E-state index contributed by atoms with van der Waals surface area (Å²) < 4.78 is 2.82. The number of carbonyl (C=O) groups is 3. The SMILES string of the molecule is Cc1ccc(C(=O)CCC(NC(=O)OCC(Cl)(Cl)Cl)C(=O)O)c(C)c1. The van der Waals surface area contributed by atoms with Gasteiger partial charge in [-0.3, -0.25) is 4.79 Å². The van der Waals surface area contributed by atoms with Crippen LogP contribution in [0.15, 0.2) is 18.2 Å². The summed E-state index contributed by atoms with van der Waals surface area (Å²) in [4.78, 5) is 35.0. The second kappa shape index (κ2) is 9.27. The van der Waals surface area contributed by atoms with Gasteiger partial charge in [-0.05, 0) is 25.8 Å². The van der Waals surface area contributed by atoms with Gasteiger partial charge in [0, 0.05) is 12.0 Å². The number of alkyl carbamates (subject to hydrolysis) is 1. The van der Waals surface area contributed by atoms with Crippen LogP contribution < -0.4 is 5.32 Å². The first-order valence-corrected chi connectivity index (χ1v) is 8.46. The van der Waals surface area contributed by atoms with Crippen molar-refractivity contribution < 1.29 is 24.2 Å². The highest BCUT2D eigenvalue weighted by molar-refractivity contribution is 6.67. The van der Waals surface area contributed by atoms with Gasteiger partial charge < -0.3 is 15.2 Å². The zero-order valence-corrected chi connectivity index (χ0v) is 15.9. The van der Waals surface area contributed by atoms with E-state index in [1.807, 2.05) is 13.0 Å². The quantitative estimate of drug-likeness (QED) is 0.526. The van der Waals surface area contributed by atoms with Crippen molar-refractivity contribution in [3.05, 3.63) is 34.9 Å². The molecule has 0 aromatic heterocycles. The molecule has 0 spiro atoms. The fourth-order valence-electron chi connectivity index (χ4n) is 2.13. The third-order valence-electron chi connectivity index (χ3n) is 3.30. The average Bonchev–Trinajstić information content (AvgIpc) is 2.48. The van der Waals surface area contributed by atoms with Crippen LogP contribution in [0.25, 0.3) is 0 Å². The molecule has 1 unspecified atom stereocenters. The fourth-order valence-corrected chi connectivity index (χ4v) is 2.29. The Morgan fingerprint density at radius 3 is 2.40 bits per heavy atom. The molecule has 1 atom stereocenters. The number of hydrogen-bond acceptors (Lipinski definition) is 4. The summed E-state index contributed by atoms with van der Waals surface area (Å²) in [5, 5.41) is 11.3. The van der Waals surface area contributed by atoms with Crippen molar-refractivity contribution >= 4 is 52.6 Å². The number of carbonyl (C=O) groups excluding carboxylic acids is 2. The van der Waals surface area contributed by atoms with Gasteiger partial charge in [-0.1, -0.05) is 58.6 Å². The molecule has 1 amide bonds. The first kappa shape index (κ1) is 21.5. The maximum atomic E-state index is 12.3. The van der Waals surface area contributed by atoms with Crippen LogP contribution in [0.1, 0.15) is 34.3 Å². The third kappa shape index (κ3) is 7.94. The highest BCUT2D eigenvalue weighted by Crippen LogP contribution is 2.25. The minimum absolute atomic E-state index is 0.0500. The predicted molar refractivity (Wildman–Crippen MR) is 95.7 cm³/mol. The lowest BCUT2D eigenvalue weighted by atomic mass is 9.98. The molecule has 0 aliphatic heterocycles. The topological polar surface area (TPSA) is 92.7 Å². The molecule has 0 aliphatic carbocycles. The molecule has 6 nitrogen and oxygen atoms in total. The second-order valence-electron chi connectivity index (χ2n) is 5.51. The number of amides is 1. The molecule has 0 fully saturated rings. The van der Waals surface area contributed by atoms with E-state index in [1.165, 1.54) is 0 Å². The molecular formula is C16H18Cl3NO5. The number of alkyl halides is 3. The Labute approximate surface area is 160 Å². The molecule has 0 radical (unpaired) electrons. The van der Waals surface area contributed by atoms with Gasteiger partial charge in [0.2, 0.25) is 3.79 Å². The second-order valence-corrected chi connectivity index (χ2v) is 8.02. The van der Waals surface area contributed by atoms with E-state index in [-0.39, 0.29) is 18.6 Å². The number of carboxylic acids is 1. The highest BCUT2D eigenvalue weighted by Gasteiger charge is 2.26. The van der Waals surface area contributed by atoms with Crippen molar-refractivity contribution in [2.45, 2.75) is 36.5 Å². The summed E-state index contributed by atoms with van der Waals surface area (Å²) in [6.07, 6.45) is -1.19. The Balaban J connectivity index is 2.62. The van der Waals surface area contributed by atoms with Gasteiger partial charge in [0.1, 0.15) is 12.6 Å². The molecular weight excluding hydrogens is 393 g/mol. The predicted octanol–water partition coefficient (Wildman–Crippen LogP) is 3.82. The van der Waals surface area contributed by atoms with Crippen LogP contribution in [0.5, 0.6) is 0 Å². The number of ether oxygens (including phenoxy) is 1. The number of aliphatic carboxylic acids is 1. The standard InChI is InChI=1S/C16H18Cl3NO5/c1-9-3-4-11(10(2)7-9)13(21)6-5-12(14(22)23)20-15(24)25-8-16(17,18)19/h3-4,7,12H,5-6,8H2,1-2H3,(H,20,24)(H,22,23). The molecule has 0 aliphatic rings. The minimum Gasteiger partial charge on any atom is -0.480 e. The van der Waals surface area contributed by atoms with E-state index < -0.39 is 28.5 Å². The van der Waals surface area contributed by atoms with E-state index in [9.17, 15) is 14.4 Å². The van der Waals surface area contributed by atoms with Crippen molar-refractivity contribution in [2.75, 3.05) is 6.61 Å². The third-order valence-corrected chi connectivity index (χ3v) is 3.63. The first-order valence-electron chi connectivity index (χ1n) is 7.33. The van der Waals surface area contributed by atoms with Crippen LogP contribution in [0, 0.1) is 13.8 Å². The van der Waals surface area contributed by atoms with E-state index in [1.54, 1.807) is 19.1 Å². The number of aryl methyl sites for hydroxylation is 2. The average molecular weight is 411 g/mol. The number of rotatable bonds is 7. The lowest BCUT2D eigenvalue weighted by Crippen LogP contribution is -2.42. The Kier molecular flexibility index (Phi) is 7.99. The molecule has 25 heavy (non-hydrogen) atoms. The lowest BCUT2D eigenvalue weighted by molar-refractivity contribution is -0.139. The Morgan fingerprint density at radius 1 is 1.24 bits per heavy atom. The number of ketones is 1. The largest absolute Gasteiger partial charge is 0.480 e. The maximum absolute atomic E-state index is 12.3. The number of nitrogens with one attached hydrogen (secondary N) is 1. The zero-order valence-electron chi connectivity index (χ0n) is 13.6. The summed E-state index contributed by atoms with van der Waals surface area (Å²) in [7, 11) is 0. The van der Waals surface area contributed by atoms with E-state index in [4.69, 9.17) is 39.9 Å². The highest BCUT2D eigenvalue weighted by atomic mass is 35.6. The lowest BCUT2D eigenvalue weighted by Gasteiger charge is -2.16. The molecule has 9 heteroatoms. The molecule has 0 bridgehead atoms. The summed E-state index contributed by atoms with van der Waals surface area (Å²) in [5.41, 5.74) is 2.36. The van der Waals surface area contributed by atoms with Gasteiger partial charge in [-0.15, -0.1) is 0 Å². The Hall–Kier alpha value is -1.50. The number of carboxylic acid groups (broad SMARTS) is 1. The number of halogens is 3. The molecule has 1 aromatic carbocycles. The van der Waals surface area contributed by atoms with Gasteiger partial charge in [-0.25, -0.2) is 9.59 Å². The van der Waals surface area contributed by atoms with Crippen molar-refractivity contribution in [1.82, 2.24) is 5.32 Å². The summed E-state index contributed by atoms with van der Waals surface area (Å²) in [6.45, 7) is 3.19. The summed E-state index contributed by atoms with van der Waals surface area (Å²) in [5.74, 6) is -1.50. The summed E-state index contributed by atoms with van der Waals surface area (Å²) in [6, 6.07) is 4.08. The van der Waals surface area contributed by atoms with Gasteiger partial charge in [0.15, 0.2) is 5.78 Å². The van der Waals surface area contributed by atoms with Crippen LogP contribution >= 0.6 is 34.8 Å². The Morgan fingerprint density at radius 2 is 1.88 bits per heavy atom. The molecule has 138 valence electrons. The van der Waals surface area contributed by atoms with Gasteiger partial charge in [0.25, 0.3) is 0 Å². The van der Waals surface area contributed by atoms with Crippen molar-refractivity contribution in [1.29, 1.82) is 0 Å². The van der Waals surface area contributed by atoms with Crippen molar-refractivity contribution in [3.8, 4) is 0 Å². The van der Waals surface area contributed by atoms with Gasteiger partial charge in [-0.2, -0.15) is 0 Å². The minimum atomic E-state index is -1.80. The summed E-state index contributed by atoms with van der Waals surface area (Å²) >= 11 is 16.3. The van der Waals surface area contributed by atoms with Crippen molar-refractivity contribution in [3.63, 3.8) is 0 Å². The molecule has 0 saturated heterocycles. The number of benzene rings is 1. The first-order chi connectivity index (χ1) is 11.5. The molecule has 0 saturated carbocycles. The van der Waals surface area contributed by atoms with E-state index in [0.29, 0.717) is 5.56 Å². The van der Waals surface area contributed by atoms with E-state index in [2.05, 4.69) is 10.1 Å². The fraction of sp³-hybridized carbons (Fsp3) is 0.438. The number of hydrogen-bond donors (Lipinski definition) is 2.